The zero-order chi connectivity index (χ0) is 12.8. The predicted molar refractivity (Wildman–Crippen MR) is 59.8 cm³/mol. The molecular weight excluding hydrogens is 208 g/mol. The van der Waals surface area contributed by atoms with Gasteiger partial charge in [0.15, 0.2) is 5.60 Å². The summed E-state index contributed by atoms with van der Waals surface area (Å²) in [4.78, 5) is 12.6. The maximum absolute atomic E-state index is 10.8. The van der Waals surface area contributed by atoms with Gasteiger partial charge in [-0.2, -0.15) is 5.26 Å². The van der Waals surface area contributed by atoms with Crippen LogP contribution in [0.25, 0.3) is 0 Å². The van der Waals surface area contributed by atoms with Crippen molar-refractivity contribution in [3.8, 4) is 6.07 Å². The molecular formula is C11H20N2O3. The van der Waals surface area contributed by atoms with Crippen molar-refractivity contribution in [2.24, 2.45) is 5.92 Å². The van der Waals surface area contributed by atoms with E-state index in [1.54, 1.807) is 0 Å². The van der Waals surface area contributed by atoms with E-state index in [2.05, 4.69) is 0 Å². The second-order valence-corrected chi connectivity index (χ2v) is 4.62. The first kappa shape index (κ1) is 14.9. The van der Waals surface area contributed by atoms with Crippen LogP contribution < -0.4 is 0 Å². The van der Waals surface area contributed by atoms with Crippen LogP contribution >= 0.6 is 0 Å². The Hall–Kier alpha value is -1.12. The molecule has 0 aromatic rings. The van der Waals surface area contributed by atoms with Crippen LogP contribution in [0.15, 0.2) is 0 Å². The Balaban J connectivity index is 4.41. The van der Waals surface area contributed by atoms with E-state index in [4.69, 9.17) is 10.4 Å². The smallest absolute Gasteiger partial charge is 0.336 e. The molecule has 0 aliphatic rings. The third-order valence-corrected chi connectivity index (χ3v) is 2.16. The van der Waals surface area contributed by atoms with Crippen LogP contribution in [0, 0.1) is 17.2 Å². The van der Waals surface area contributed by atoms with Crippen molar-refractivity contribution < 1.29 is 15.0 Å². The molecule has 0 saturated heterocycles. The molecule has 2 N–H and O–H groups in total. The van der Waals surface area contributed by atoms with Gasteiger partial charge < -0.3 is 10.2 Å². The van der Waals surface area contributed by atoms with Crippen LogP contribution in [0.1, 0.15) is 27.2 Å². The molecule has 1 unspecified atom stereocenters. The number of carboxylic acids is 1. The van der Waals surface area contributed by atoms with Crippen molar-refractivity contribution in [3.05, 3.63) is 0 Å². The molecule has 0 amide bonds. The highest BCUT2D eigenvalue weighted by molar-refractivity contribution is 5.76. The van der Waals surface area contributed by atoms with E-state index >= 15 is 0 Å². The highest BCUT2D eigenvalue weighted by atomic mass is 16.4. The second-order valence-electron chi connectivity index (χ2n) is 4.62. The Labute approximate surface area is 96.3 Å². The molecule has 0 saturated carbocycles. The zero-order valence-electron chi connectivity index (χ0n) is 10.1. The molecule has 92 valence electrons. The number of hydrogen-bond acceptors (Lipinski definition) is 4. The van der Waals surface area contributed by atoms with Gasteiger partial charge in [-0.15, -0.1) is 0 Å². The molecule has 0 bridgehead atoms. The lowest BCUT2D eigenvalue weighted by Crippen LogP contribution is -2.47. The minimum absolute atomic E-state index is 0.0438. The van der Waals surface area contributed by atoms with E-state index in [1.807, 2.05) is 24.8 Å². The first-order valence-electron chi connectivity index (χ1n) is 5.34. The van der Waals surface area contributed by atoms with Crippen LogP contribution in [0.2, 0.25) is 0 Å². The fourth-order valence-electron chi connectivity index (χ4n) is 1.46. The van der Waals surface area contributed by atoms with Crippen LogP contribution in [0.5, 0.6) is 0 Å². The third kappa shape index (κ3) is 5.69. The van der Waals surface area contributed by atoms with Crippen molar-refractivity contribution in [2.45, 2.75) is 32.8 Å². The molecule has 0 rings (SSSR count). The molecule has 0 aliphatic carbocycles. The maximum Gasteiger partial charge on any atom is 0.336 e. The number of hydrogen-bond donors (Lipinski definition) is 2. The Morgan fingerprint density at radius 1 is 1.56 bits per heavy atom. The lowest BCUT2D eigenvalue weighted by molar-refractivity contribution is -0.158. The van der Waals surface area contributed by atoms with Crippen LogP contribution in [-0.4, -0.2) is 46.3 Å². The van der Waals surface area contributed by atoms with Gasteiger partial charge in [0.2, 0.25) is 0 Å². The third-order valence-electron chi connectivity index (χ3n) is 2.16. The van der Waals surface area contributed by atoms with Gasteiger partial charge in [-0.05, 0) is 12.8 Å². The van der Waals surface area contributed by atoms with Crippen molar-refractivity contribution in [2.75, 3.05) is 19.6 Å². The summed E-state index contributed by atoms with van der Waals surface area (Å²) in [7, 11) is 0. The van der Waals surface area contributed by atoms with Crippen molar-refractivity contribution in [3.63, 3.8) is 0 Å². The topological polar surface area (TPSA) is 84.6 Å². The van der Waals surface area contributed by atoms with Crippen molar-refractivity contribution >= 4 is 5.97 Å². The van der Waals surface area contributed by atoms with Gasteiger partial charge in [-0.1, -0.05) is 13.8 Å². The fraction of sp³-hybridized carbons (Fsp3) is 0.818. The Kier molecular flexibility index (Phi) is 6.01. The Morgan fingerprint density at radius 3 is 2.50 bits per heavy atom. The number of aliphatic carboxylic acids is 1. The summed E-state index contributed by atoms with van der Waals surface area (Å²) in [5, 5.41) is 27.0. The number of nitrogens with zero attached hydrogens (tertiary/aromatic N) is 2. The van der Waals surface area contributed by atoms with Gasteiger partial charge in [0.25, 0.3) is 0 Å². The quantitative estimate of drug-likeness (QED) is 0.669. The largest absolute Gasteiger partial charge is 0.479 e. The average molecular weight is 228 g/mol. The first-order valence-corrected chi connectivity index (χ1v) is 5.34. The molecule has 16 heavy (non-hydrogen) atoms. The minimum atomic E-state index is -1.76. The Bertz CT molecular complexity index is 269. The number of rotatable bonds is 7. The minimum Gasteiger partial charge on any atom is -0.479 e. The summed E-state index contributed by atoms with van der Waals surface area (Å²) in [6.07, 6.45) is 0.336. The van der Waals surface area contributed by atoms with Crippen LogP contribution in [-0.2, 0) is 4.79 Å². The molecule has 0 spiro atoms. The molecule has 0 aliphatic heterocycles. The second kappa shape index (κ2) is 6.46. The van der Waals surface area contributed by atoms with E-state index < -0.39 is 11.6 Å². The summed E-state index contributed by atoms with van der Waals surface area (Å²) in [6.45, 7) is 6.49. The number of nitriles is 1. The van der Waals surface area contributed by atoms with Crippen molar-refractivity contribution in [1.82, 2.24) is 4.90 Å². The van der Waals surface area contributed by atoms with Gasteiger partial charge in [-0.3, -0.25) is 4.90 Å². The van der Waals surface area contributed by atoms with E-state index in [0.717, 1.165) is 0 Å². The lowest BCUT2D eigenvalue weighted by atomic mass is 10.1. The predicted octanol–water partition coefficient (Wildman–Crippen LogP) is 0.694. The van der Waals surface area contributed by atoms with E-state index in [-0.39, 0.29) is 6.54 Å². The molecule has 0 radical (unpaired) electrons. The van der Waals surface area contributed by atoms with Gasteiger partial charge in [-0.25, -0.2) is 4.79 Å². The van der Waals surface area contributed by atoms with Crippen LogP contribution in [0.4, 0.5) is 0 Å². The molecule has 0 aromatic carbocycles. The maximum atomic E-state index is 10.8. The highest BCUT2D eigenvalue weighted by Gasteiger charge is 2.32. The van der Waals surface area contributed by atoms with Gasteiger partial charge in [0, 0.05) is 26.1 Å². The van der Waals surface area contributed by atoms with E-state index in [0.29, 0.717) is 25.4 Å². The van der Waals surface area contributed by atoms with E-state index in [1.165, 1.54) is 6.92 Å². The first-order chi connectivity index (χ1) is 7.29. The highest BCUT2D eigenvalue weighted by Crippen LogP contribution is 2.09. The standard InChI is InChI=1S/C11H20N2O3/c1-9(2)7-13(6-4-5-12)8-11(3,16)10(14)15/h9,16H,4,6-8H2,1-3H3,(H,14,15). The van der Waals surface area contributed by atoms with E-state index in [9.17, 15) is 9.90 Å². The van der Waals surface area contributed by atoms with Gasteiger partial charge in [0.1, 0.15) is 0 Å². The number of aliphatic hydroxyl groups is 1. The summed E-state index contributed by atoms with van der Waals surface area (Å²) >= 11 is 0. The van der Waals surface area contributed by atoms with Crippen LogP contribution in [0.3, 0.4) is 0 Å². The summed E-state index contributed by atoms with van der Waals surface area (Å²) in [6, 6.07) is 2.02. The average Bonchev–Trinajstić information content (AvgIpc) is 2.12. The zero-order valence-corrected chi connectivity index (χ0v) is 10.1. The summed E-state index contributed by atoms with van der Waals surface area (Å²) in [5.41, 5.74) is -1.76. The molecule has 5 heteroatoms. The molecule has 0 heterocycles. The fourth-order valence-corrected chi connectivity index (χ4v) is 1.46. The lowest BCUT2D eigenvalue weighted by Gasteiger charge is -2.29. The van der Waals surface area contributed by atoms with Crippen molar-refractivity contribution in [1.29, 1.82) is 5.26 Å². The molecule has 0 aromatic heterocycles. The molecule has 0 fully saturated rings. The monoisotopic (exact) mass is 228 g/mol. The summed E-state index contributed by atoms with van der Waals surface area (Å²) < 4.78 is 0. The normalized spacial score (nSPS) is 14.8. The van der Waals surface area contributed by atoms with Gasteiger partial charge >= 0.3 is 5.97 Å². The molecule has 5 nitrogen and oxygen atoms in total. The Morgan fingerprint density at radius 2 is 2.12 bits per heavy atom. The SMILES string of the molecule is CC(C)CN(CCC#N)CC(C)(O)C(=O)O. The summed E-state index contributed by atoms with van der Waals surface area (Å²) in [5.74, 6) is -0.874. The number of carbonyl (C=O) groups is 1. The number of carboxylic acid groups (broad SMARTS) is 1. The van der Waals surface area contributed by atoms with Gasteiger partial charge in [0.05, 0.1) is 6.07 Å². The molecule has 1 atom stereocenters.